The second-order valence-corrected chi connectivity index (χ2v) is 4.35. The minimum Gasteiger partial charge on any atom is -0.479 e. The number of aliphatic carboxylic acids is 1. The molecule has 0 aliphatic carbocycles. The molecule has 1 rings (SSSR count). The molecule has 1 unspecified atom stereocenters. The molecule has 1 heterocycles. The van der Waals surface area contributed by atoms with E-state index in [2.05, 4.69) is 10.3 Å². The van der Waals surface area contributed by atoms with Crippen LogP contribution in [0.1, 0.15) is 28.7 Å². The molecule has 1 aromatic heterocycles. The van der Waals surface area contributed by atoms with Crippen LogP contribution in [0.25, 0.3) is 0 Å². The van der Waals surface area contributed by atoms with Crippen LogP contribution in [0.3, 0.4) is 0 Å². The van der Waals surface area contributed by atoms with E-state index in [4.69, 9.17) is 5.11 Å². The Morgan fingerprint density at radius 1 is 1.39 bits per heavy atom. The first-order chi connectivity index (χ1) is 8.24. The molecule has 0 aliphatic rings. The molecule has 6 nitrogen and oxygen atoms in total. The van der Waals surface area contributed by atoms with Crippen LogP contribution in [0.15, 0.2) is 12.1 Å². The summed E-state index contributed by atoms with van der Waals surface area (Å²) in [5, 5.41) is 20.5. The minimum atomic E-state index is -1.98. The van der Waals surface area contributed by atoms with Crippen LogP contribution >= 0.6 is 0 Å². The molecule has 1 atom stereocenters. The predicted octanol–water partition coefficient (Wildman–Crippen LogP) is 0.264. The van der Waals surface area contributed by atoms with Gasteiger partial charge in [-0.15, -0.1) is 0 Å². The Labute approximate surface area is 105 Å². The van der Waals surface area contributed by atoms with Gasteiger partial charge in [-0.25, -0.2) is 4.79 Å². The molecule has 98 valence electrons. The maximum Gasteiger partial charge on any atom is 0.337 e. The van der Waals surface area contributed by atoms with Crippen molar-refractivity contribution < 1.29 is 19.8 Å². The molecular weight excluding hydrogens is 236 g/mol. The van der Waals surface area contributed by atoms with E-state index in [-0.39, 0.29) is 6.54 Å². The van der Waals surface area contributed by atoms with Crippen LogP contribution in [-0.4, -0.2) is 39.2 Å². The van der Waals surface area contributed by atoms with Crippen molar-refractivity contribution >= 4 is 11.9 Å². The topological polar surface area (TPSA) is 99.5 Å². The minimum absolute atomic E-state index is 0.363. The summed E-state index contributed by atoms with van der Waals surface area (Å²) in [7, 11) is 0. The first-order valence-corrected chi connectivity index (χ1v) is 5.42. The zero-order valence-corrected chi connectivity index (χ0v) is 10.5. The van der Waals surface area contributed by atoms with Crippen LogP contribution in [0, 0.1) is 13.8 Å². The van der Waals surface area contributed by atoms with Gasteiger partial charge in [0.25, 0.3) is 5.91 Å². The number of aromatic nitrogens is 1. The molecule has 0 saturated carbocycles. The van der Waals surface area contributed by atoms with Crippen molar-refractivity contribution in [2.75, 3.05) is 6.54 Å². The third-order valence-corrected chi connectivity index (χ3v) is 2.52. The first kappa shape index (κ1) is 14.1. The Morgan fingerprint density at radius 3 is 2.50 bits per heavy atom. The van der Waals surface area contributed by atoms with Crippen molar-refractivity contribution in [3.8, 4) is 0 Å². The Kier molecular flexibility index (Phi) is 4.03. The summed E-state index contributed by atoms with van der Waals surface area (Å²) in [4.78, 5) is 26.6. The van der Waals surface area contributed by atoms with Crippen LogP contribution in [0.4, 0.5) is 0 Å². The summed E-state index contributed by atoms with van der Waals surface area (Å²) in [6.07, 6.45) is 0. The lowest BCUT2D eigenvalue weighted by Crippen LogP contribution is -2.46. The summed E-state index contributed by atoms with van der Waals surface area (Å²) in [6, 6.07) is 3.31. The maximum atomic E-state index is 11.8. The molecule has 18 heavy (non-hydrogen) atoms. The highest BCUT2D eigenvalue weighted by Gasteiger charge is 2.30. The number of hydrogen-bond acceptors (Lipinski definition) is 4. The fourth-order valence-corrected chi connectivity index (χ4v) is 1.35. The van der Waals surface area contributed by atoms with E-state index in [0.29, 0.717) is 11.3 Å². The van der Waals surface area contributed by atoms with Gasteiger partial charge in [0.15, 0.2) is 5.60 Å². The molecule has 0 radical (unpaired) electrons. The smallest absolute Gasteiger partial charge is 0.337 e. The normalized spacial score (nSPS) is 13.8. The molecule has 0 fully saturated rings. The Bertz CT molecular complexity index is 483. The van der Waals surface area contributed by atoms with Crippen molar-refractivity contribution in [1.82, 2.24) is 10.3 Å². The second-order valence-electron chi connectivity index (χ2n) is 4.35. The van der Waals surface area contributed by atoms with E-state index in [1.807, 2.05) is 6.92 Å². The molecule has 0 bridgehead atoms. The van der Waals surface area contributed by atoms with Crippen molar-refractivity contribution in [2.45, 2.75) is 26.4 Å². The molecule has 1 aromatic rings. The maximum absolute atomic E-state index is 11.8. The summed E-state index contributed by atoms with van der Waals surface area (Å²) < 4.78 is 0. The van der Waals surface area contributed by atoms with Gasteiger partial charge >= 0.3 is 5.97 Å². The van der Waals surface area contributed by atoms with Crippen molar-refractivity contribution in [2.24, 2.45) is 0 Å². The largest absolute Gasteiger partial charge is 0.479 e. The SMILES string of the molecule is Cc1ccc(C(=O)NCC(C)(O)C(=O)O)c(C)n1. The average Bonchev–Trinajstić information content (AvgIpc) is 2.25. The number of amides is 1. The van der Waals surface area contributed by atoms with Crippen molar-refractivity contribution in [3.63, 3.8) is 0 Å². The van der Waals surface area contributed by atoms with Gasteiger partial charge in [0, 0.05) is 5.69 Å². The van der Waals surface area contributed by atoms with Crippen LogP contribution < -0.4 is 5.32 Å². The highest BCUT2D eigenvalue weighted by molar-refractivity contribution is 5.95. The molecule has 0 aliphatic heterocycles. The molecule has 0 spiro atoms. The molecule has 6 heteroatoms. The predicted molar refractivity (Wildman–Crippen MR) is 64.3 cm³/mol. The number of carbonyl (C=O) groups excluding carboxylic acids is 1. The van der Waals surface area contributed by atoms with E-state index in [0.717, 1.165) is 12.6 Å². The molecular formula is C12H16N2O4. The fraction of sp³-hybridized carbons (Fsp3) is 0.417. The number of carboxylic acids is 1. The lowest BCUT2D eigenvalue weighted by atomic mass is 10.1. The number of aryl methyl sites for hydroxylation is 2. The van der Waals surface area contributed by atoms with Gasteiger partial charge in [-0.05, 0) is 32.9 Å². The van der Waals surface area contributed by atoms with E-state index in [1.165, 1.54) is 0 Å². The lowest BCUT2D eigenvalue weighted by Gasteiger charge is -2.18. The number of hydrogen-bond donors (Lipinski definition) is 3. The number of aliphatic hydroxyl groups is 1. The van der Waals surface area contributed by atoms with Gasteiger partial charge < -0.3 is 15.5 Å². The number of carbonyl (C=O) groups is 2. The monoisotopic (exact) mass is 252 g/mol. The summed E-state index contributed by atoms with van der Waals surface area (Å²) in [5.41, 5.74) is -0.271. The van der Waals surface area contributed by atoms with Crippen LogP contribution in [0.2, 0.25) is 0 Å². The molecule has 1 amide bonds. The van der Waals surface area contributed by atoms with E-state index >= 15 is 0 Å². The molecule has 3 N–H and O–H groups in total. The number of carboxylic acid groups (broad SMARTS) is 1. The average molecular weight is 252 g/mol. The second kappa shape index (κ2) is 5.14. The van der Waals surface area contributed by atoms with Crippen LogP contribution in [-0.2, 0) is 4.79 Å². The number of pyridine rings is 1. The van der Waals surface area contributed by atoms with Crippen LogP contribution in [0.5, 0.6) is 0 Å². The van der Waals surface area contributed by atoms with Crippen molar-refractivity contribution in [1.29, 1.82) is 0 Å². The third-order valence-electron chi connectivity index (χ3n) is 2.52. The summed E-state index contributed by atoms with van der Waals surface area (Å²) in [5.74, 6) is -1.84. The van der Waals surface area contributed by atoms with Gasteiger partial charge in [-0.3, -0.25) is 9.78 Å². The lowest BCUT2D eigenvalue weighted by molar-refractivity contribution is -0.155. The van der Waals surface area contributed by atoms with E-state index < -0.39 is 17.5 Å². The number of nitrogens with one attached hydrogen (secondary N) is 1. The van der Waals surface area contributed by atoms with Crippen molar-refractivity contribution in [3.05, 3.63) is 29.1 Å². The van der Waals surface area contributed by atoms with Gasteiger partial charge in [-0.2, -0.15) is 0 Å². The van der Waals surface area contributed by atoms with Gasteiger partial charge in [-0.1, -0.05) is 0 Å². The highest BCUT2D eigenvalue weighted by atomic mass is 16.4. The number of nitrogens with zero attached hydrogens (tertiary/aromatic N) is 1. The summed E-state index contributed by atoms with van der Waals surface area (Å²) in [6.45, 7) is 4.26. The quantitative estimate of drug-likeness (QED) is 0.714. The zero-order chi connectivity index (χ0) is 13.9. The molecule has 0 aromatic carbocycles. The highest BCUT2D eigenvalue weighted by Crippen LogP contribution is 2.07. The van der Waals surface area contributed by atoms with Gasteiger partial charge in [0.1, 0.15) is 0 Å². The van der Waals surface area contributed by atoms with E-state index in [1.54, 1.807) is 19.1 Å². The van der Waals surface area contributed by atoms with E-state index in [9.17, 15) is 14.7 Å². The Morgan fingerprint density at radius 2 is 2.00 bits per heavy atom. The third kappa shape index (κ3) is 3.27. The number of rotatable bonds is 4. The molecule has 0 saturated heterocycles. The Hall–Kier alpha value is -1.95. The summed E-state index contributed by atoms with van der Waals surface area (Å²) >= 11 is 0. The zero-order valence-electron chi connectivity index (χ0n) is 10.5. The standard InChI is InChI=1S/C12H16N2O4/c1-7-4-5-9(8(2)14-7)10(15)13-6-12(3,18)11(16)17/h4-5,18H,6H2,1-3H3,(H,13,15)(H,16,17). The van der Waals surface area contributed by atoms with Gasteiger partial charge in [0.2, 0.25) is 0 Å². The Balaban J connectivity index is 2.75. The van der Waals surface area contributed by atoms with Gasteiger partial charge in [0.05, 0.1) is 17.8 Å². The first-order valence-electron chi connectivity index (χ1n) is 5.42. The fourth-order valence-electron chi connectivity index (χ4n) is 1.35.